The molecule has 2 aromatic heterocycles. The van der Waals surface area contributed by atoms with Crippen molar-refractivity contribution in [3.05, 3.63) is 53.0 Å². The number of carbonyl (C=O) groups excluding carboxylic acids is 1. The fourth-order valence-corrected chi connectivity index (χ4v) is 7.14. The number of rotatable bonds is 6. The fourth-order valence-electron chi connectivity index (χ4n) is 4.97. The maximum Gasteiger partial charge on any atom is 0.573 e. The first-order valence-electron chi connectivity index (χ1n) is 12.3. The average molecular weight is 582 g/mol. The Hall–Kier alpha value is -3.23. The number of alkyl halides is 3. The highest BCUT2D eigenvalue weighted by molar-refractivity contribution is 7.89. The number of aromatic nitrogens is 2. The van der Waals surface area contributed by atoms with E-state index >= 15 is 0 Å². The van der Waals surface area contributed by atoms with Crippen LogP contribution in [-0.2, 0) is 27.8 Å². The van der Waals surface area contributed by atoms with E-state index in [1.54, 1.807) is 7.05 Å². The molecule has 5 rings (SSSR count). The number of para-hydroxylation sites is 1. The standard InChI is InChI=1S/C25H26F3N5O4S2/c1-29-24(34)16-6-4-11-32(14-16)23-17-10-12-33(15-18(17)30-22(31-23)20-8-5-13-38-20)39(35,36)21-9-3-2-7-19(21)37-25(26,27)28/h2-3,5,7-9,13,16H,4,6,10-12,14-15H2,1H3,(H,29,34)/t16-/m0/s1. The number of sulfonamides is 1. The number of carbonyl (C=O) groups is 1. The molecule has 1 atom stereocenters. The molecule has 2 aliphatic rings. The number of piperidine rings is 1. The first-order chi connectivity index (χ1) is 18.6. The monoisotopic (exact) mass is 581 g/mol. The van der Waals surface area contributed by atoms with E-state index < -0.39 is 27.0 Å². The van der Waals surface area contributed by atoms with Gasteiger partial charge in [0.2, 0.25) is 15.9 Å². The molecular formula is C25H26F3N5O4S2. The number of ether oxygens (including phenoxy) is 1. The van der Waals surface area contributed by atoms with Gasteiger partial charge in [-0.05, 0) is 42.8 Å². The third-order valence-corrected chi connectivity index (χ3v) is 9.53. The van der Waals surface area contributed by atoms with E-state index in [2.05, 4.69) is 15.0 Å². The Kier molecular flexibility index (Phi) is 7.53. The molecule has 1 amide bonds. The molecule has 39 heavy (non-hydrogen) atoms. The van der Waals surface area contributed by atoms with Crippen molar-refractivity contribution in [3.8, 4) is 16.5 Å². The molecule has 9 nitrogen and oxygen atoms in total. The molecule has 14 heteroatoms. The zero-order chi connectivity index (χ0) is 27.8. The van der Waals surface area contributed by atoms with Crippen LogP contribution in [0.25, 0.3) is 10.7 Å². The van der Waals surface area contributed by atoms with Crippen molar-refractivity contribution in [3.63, 3.8) is 0 Å². The molecule has 0 bridgehead atoms. The van der Waals surface area contributed by atoms with Crippen LogP contribution in [0.4, 0.5) is 19.0 Å². The molecular weight excluding hydrogens is 555 g/mol. The van der Waals surface area contributed by atoms with Gasteiger partial charge in [0.05, 0.1) is 23.0 Å². The summed E-state index contributed by atoms with van der Waals surface area (Å²) in [4.78, 5) is 24.2. The molecule has 1 aromatic carbocycles. The van der Waals surface area contributed by atoms with Crippen molar-refractivity contribution in [1.29, 1.82) is 0 Å². The molecule has 1 fully saturated rings. The molecule has 0 aliphatic carbocycles. The first kappa shape index (κ1) is 27.3. The summed E-state index contributed by atoms with van der Waals surface area (Å²) in [6.45, 7) is 1.04. The molecule has 2 aliphatic heterocycles. The van der Waals surface area contributed by atoms with Crippen molar-refractivity contribution in [2.75, 3.05) is 31.6 Å². The number of anilines is 1. The summed E-state index contributed by atoms with van der Waals surface area (Å²) in [5, 5.41) is 4.59. The Morgan fingerprint density at radius 2 is 1.95 bits per heavy atom. The predicted molar refractivity (Wildman–Crippen MR) is 139 cm³/mol. The molecule has 0 saturated carbocycles. The summed E-state index contributed by atoms with van der Waals surface area (Å²) in [7, 11) is -2.74. The van der Waals surface area contributed by atoms with Crippen molar-refractivity contribution in [2.45, 2.75) is 37.1 Å². The van der Waals surface area contributed by atoms with Crippen LogP contribution in [-0.4, -0.2) is 61.6 Å². The smallest absolute Gasteiger partial charge is 0.404 e. The van der Waals surface area contributed by atoms with Gasteiger partial charge >= 0.3 is 6.36 Å². The van der Waals surface area contributed by atoms with Crippen molar-refractivity contribution in [2.24, 2.45) is 5.92 Å². The SMILES string of the molecule is CNC(=O)[C@H]1CCCN(c2nc(-c3cccs3)nc3c2CCN(S(=O)(=O)c2ccccc2OC(F)(F)F)C3)C1. The van der Waals surface area contributed by atoms with Gasteiger partial charge in [-0.25, -0.2) is 18.4 Å². The summed E-state index contributed by atoms with van der Waals surface area (Å²) in [6.07, 6.45) is -3.23. The maximum absolute atomic E-state index is 13.5. The molecule has 4 heterocycles. The summed E-state index contributed by atoms with van der Waals surface area (Å²) >= 11 is 1.44. The Labute approximate surface area is 227 Å². The highest BCUT2D eigenvalue weighted by atomic mass is 32.2. The van der Waals surface area contributed by atoms with E-state index in [-0.39, 0.29) is 31.3 Å². The van der Waals surface area contributed by atoms with Crippen LogP contribution >= 0.6 is 11.3 Å². The van der Waals surface area contributed by atoms with E-state index in [9.17, 15) is 26.4 Å². The Morgan fingerprint density at radius 1 is 1.15 bits per heavy atom. The number of thiophene rings is 1. The minimum Gasteiger partial charge on any atom is -0.404 e. The Bertz CT molecular complexity index is 1460. The summed E-state index contributed by atoms with van der Waals surface area (Å²) < 4.78 is 71.1. The quantitative estimate of drug-likeness (QED) is 0.472. The number of fused-ring (bicyclic) bond motifs is 1. The van der Waals surface area contributed by atoms with Crippen LogP contribution in [0, 0.1) is 5.92 Å². The van der Waals surface area contributed by atoms with E-state index in [1.807, 2.05) is 17.5 Å². The van der Waals surface area contributed by atoms with Gasteiger partial charge in [0.1, 0.15) is 16.5 Å². The maximum atomic E-state index is 13.5. The van der Waals surface area contributed by atoms with Gasteiger partial charge in [0.15, 0.2) is 5.82 Å². The molecule has 1 saturated heterocycles. The minimum absolute atomic E-state index is 0.0249. The summed E-state index contributed by atoms with van der Waals surface area (Å²) in [6, 6.07) is 8.43. The average Bonchev–Trinajstić information content (AvgIpc) is 3.46. The lowest BCUT2D eigenvalue weighted by Crippen LogP contribution is -2.44. The number of nitrogens with one attached hydrogen (secondary N) is 1. The lowest BCUT2D eigenvalue weighted by atomic mass is 9.96. The summed E-state index contributed by atoms with van der Waals surface area (Å²) in [5.74, 6) is 0.0611. The molecule has 3 aromatic rings. The van der Waals surface area contributed by atoms with E-state index in [1.165, 1.54) is 23.5 Å². The molecule has 1 N–H and O–H groups in total. The van der Waals surface area contributed by atoms with Gasteiger partial charge in [-0.15, -0.1) is 24.5 Å². The predicted octanol–water partition coefficient (Wildman–Crippen LogP) is 3.81. The van der Waals surface area contributed by atoms with Crippen molar-refractivity contribution >= 4 is 33.1 Å². The topological polar surface area (TPSA) is 105 Å². The third-order valence-electron chi connectivity index (χ3n) is 6.78. The molecule has 0 spiro atoms. The van der Waals surface area contributed by atoms with Gasteiger partial charge in [0.25, 0.3) is 0 Å². The van der Waals surface area contributed by atoms with Gasteiger partial charge < -0.3 is 15.0 Å². The number of nitrogens with zero attached hydrogens (tertiary/aromatic N) is 4. The van der Waals surface area contributed by atoms with Gasteiger partial charge in [0, 0.05) is 32.2 Å². The molecule has 0 radical (unpaired) electrons. The molecule has 208 valence electrons. The van der Waals surface area contributed by atoms with Crippen LogP contribution in [0.15, 0.2) is 46.7 Å². The minimum atomic E-state index is -5.04. The first-order valence-corrected chi connectivity index (χ1v) is 14.6. The molecule has 0 unspecified atom stereocenters. The van der Waals surface area contributed by atoms with Gasteiger partial charge in [-0.1, -0.05) is 18.2 Å². The van der Waals surface area contributed by atoms with Crippen LogP contribution in [0.3, 0.4) is 0 Å². The van der Waals surface area contributed by atoms with Crippen LogP contribution in [0.5, 0.6) is 5.75 Å². The summed E-state index contributed by atoms with van der Waals surface area (Å²) in [5.41, 5.74) is 1.26. The number of hydrogen-bond acceptors (Lipinski definition) is 8. The highest BCUT2D eigenvalue weighted by Gasteiger charge is 2.38. The number of amides is 1. The van der Waals surface area contributed by atoms with E-state index in [4.69, 9.17) is 9.97 Å². The van der Waals surface area contributed by atoms with Crippen LogP contribution in [0.1, 0.15) is 24.1 Å². The largest absolute Gasteiger partial charge is 0.573 e. The lowest BCUT2D eigenvalue weighted by molar-refractivity contribution is -0.275. The zero-order valence-electron chi connectivity index (χ0n) is 20.9. The number of hydrogen-bond donors (Lipinski definition) is 1. The van der Waals surface area contributed by atoms with Crippen molar-refractivity contribution < 1.29 is 31.1 Å². The Balaban J connectivity index is 1.52. The lowest BCUT2D eigenvalue weighted by Gasteiger charge is -2.36. The van der Waals surface area contributed by atoms with Crippen LogP contribution in [0.2, 0.25) is 0 Å². The number of halogens is 3. The second kappa shape index (κ2) is 10.7. The third kappa shape index (κ3) is 5.72. The fraction of sp³-hybridized carbons (Fsp3) is 0.400. The van der Waals surface area contributed by atoms with Crippen LogP contribution < -0.4 is 15.0 Å². The second-order valence-corrected chi connectivity index (χ2v) is 12.1. The zero-order valence-corrected chi connectivity index (χ0v) is 22.6. The normalized spacial score (nSPS) is 18.5. The van der Waals surface area contributed by atoms with Crippen molar-refractivity contribution in [1.82, 2.24) is 19.6 Å². The number of benzene rings is 1. The van der Waals surface area contributed by atoms with E-state index in [0.29, 0.717) is 30.4 Å². The van der Waals surface area contributed by atoms with Gasteiger partial charge in [-0.3, -0.25) is 4.79 Å². The highest BCUT2D eigenvalue weighted by Crippen LogP contribution is 2.36. The van der Waals surface area contributed by atoms with Gasteiger partial charge in [-0.2, -0.15) is 4.31 Å². The van der Waals surface area contributed by atoms with E-state index in [0.717, 1.165) is 39.7 Å². The second-order valence-electron chi connectivity index (χ2n) is 9.26. The Morgan fingerprint density at radius 3 is 2.67 bits per heavy atom.